The van der Waals surface area contributed by atoms with Gasteiger partial charge in [0.15, 0.2) is 0 Å². The molecule has 0 aromatic heterocycles. The van der Waals surface area contributed by atoms with Crippen LogP contribution in [0, 0.1) is 6.92 Å². The first-order chi connectivity index (χ1) is 10.0. The van der Waals surface area contributed by atoms with E-state index in [2.05, 4.69) is 32.0 Å². The van der Waals surface area contributed by atoms with Gasteiger partial charge in [-0.2, -0.15) is 0 Å². The highest BCUT2D eigenvalue weighted by Crippen LogP contribution is 2.26. The molecule has 1 saturated heterocycles. The quantitative estimate of drug-likeness (QED) is 0.924. The fourth-order valence-electron chi connectivity index (χ4n) is 3.44. The lowest BCUT2D eigenvalue weighted by molar-refractivity contribution is -0.135. The smallest absolute Gasteiger partial charge is 0.223 e. The number of amides is 1. The first-order valence-corrected chi connectivity index (χ1v) is 8.11. The number of hydrogen-bond acceptors (Lipinski definition) is 2. The molecule has 1 heterocycles. The minimum Gasteiger partial charge on any atom is -0.338 e. The van der Waals surface area contributed by atoms with Crippen LogP contribution < -0.4 is 5.73 Å². The standard InChI is InChI=1S/C18H28N2O/c1-13-8-4-5-9-16(13)14(2)12-18(21)20-11-7-6-10-17(20)15(3)19/h4-5,8-9,14-15,17H,6-7,10-12,19H2,1-3H3. The zero-order valence-electron chi connectivity index (χ0n) is 13.5. The summed E-state index contributed by atoms with van der Waals surface area (Å²) in [5.41, 5.74) is 8.61. The van der Waals surface area contributed by atoms with Gasteiger partial charge in [0.05, 0.1) is 0 Å². The molecule has 0 saturated carbocycles. The van der Waals surface area contributed by atoms with Crippen molar-refractivity contribution in [2.45, 2.75) is 64.5 Å². The second-order valence-corrected chi connectivity index (χ2v) is 6.47. The van der Waals surface area contributed by atoms with Crippen molar-refractivity contribution in [2.24, 2.45) is 5.73 Å². The maximum atomic E-state index is 12.7. The summed E-state index contributed by atoms with van der Waals surface area (Å²) in [5, 5.41) is 0. The number of carbonyl (C=O) groups excluding carboxylic acids is 1. The highest BCUT2D eigenvalue weighted by Gasteiger charge is 2.29. The van der Waals surface area contributed by atoms with Crippen LogP contribution in [0.2, 0.25) is 0 Å². The van der Waals surface area contributed by atoms with Crippen LogP contribution in [-0.2, 0) is 4.79 Å². The van der Waals surface area contributed by atoms with E-state index in [1.807, 2.05) is 17.9 Å². The van der Waals surface area contributed by atoms with Gasteiger partial charge in [0.25, 0.3) is 0 Å². The lowest BCUT2D eigenvalue weighted by Gasteiger charge is -2.38. The fourth-order valence-corrected chi connectivity index (χ4v) is 3.44. The van der Waals surface area contributed by atoms with Gasteiger partial charge in [-0.1, -0.05) is 31.2 Å². The number of nitrogens with zero attached hydrogens (tertiary/aromatic N) is 1. The molecule has 116 valence electrons. The third-order valence-electron chi connectivity index (χ3n) is 4.68. The van der Waals surface area contributed by atoms with E-state index < -0.39 is 0 Å². The molecule has 1 fully saturated rings. The van der Waals surface area contributed by atoms with E-state index in [9.17, 15) is 4.79 Å². The summed E-state index contributed by atoms with van der Waals surface area (Å²) in [6, 6.07) is 8.62. The van der Waals surface area contributed by atoms with Gasteiger partial charge in [0.1, 0.15) is 0 Å². The summed E-state index contributed by atoms with van der Waals surface area (Å²) in [6.45, 7) is 7.14. The molecule has 3 atom stereocenters. The Kier molecular flexibility index (Phi) is 5.40. The molecule has 0 spiro atoms. The molecule has 0 radical (unpaired) electrons. The largest absolute Gasteiger partial charge is 0.338 e. The lowest BCUT2D eigenvalue weighted by atomic mass is 9.91. The second kappa shape index (κ2) is 7.08. The Morgan fingerprint density at radius 1 is 1.33 bits per heavy atom. The summed E-state index contributed by atoms with van der Waals surface area (Å²) in [5.74, 6) is 0.516. The van der Waals surface area contributed by atoms with Gasteiger partial charge in [0.2, 0.25) is 5.91 Å². The molecule has 3 nitrogen and oxygen atoms in total. The van der Waals surface area contributed by atoms with Gasteiger partial charge in [0, 0.05) is 25.0 Å². The maximum Gasteiger partial charge on any atom is 0.223 e. The molecule has 2 N–H and O–H groups in total. The molecule has 0 aliphatic carbocycles. The van der Waals surface area contributed by atoms with Crippen LogP contribution in [0.15, 0.2) is 24.3 Å². The monoisotopic (exact) mass is 288 g/mol. The summed E-state index contributed by atoms with van der Waals surface area (Å²) < 4.78 is 0. The molecule has 1 aromatic carbocycles. The maximum absolute atomic E-state index is 12.7. The van der Waals surface area contributed by atoms with E-state index >= 15 is 0 Å². The summed E-state index contributed by atoms with van der Waals surface area (Å²) in [6.07, 6.45) is 3.91. The molecule has 1 aliphatic heterocycles. The summed E-state index contributed by atoms with van der Waals surface area (Å²) >= 11 is 0. The number of nitrogens with two attached hydrogens (primary N) is 1. The van der Waals surface area contributed by atoms with Crippen molar-refractivity contribution in [3.63, 3.8) is 0 Å². The van der Waals surface area contributed by atoms with Crippen LogP contribution in [0.5, 0.6) is 0 Å². The topological polar surface area (TPSA) is 46.3 Å². The number of carbonyl (C=O) groups is 1. The predicted molar refractivity (Wildman–Crippen MR) is 87.2 cm³/mol. The van der Waals surface area contributed by atoms with Crippen LogP contribution in [-0.4, -0.2) is 29.4 Å². The van der Waals surface area contributed by atoms with Gasteiger partial charge in [-0.05, 0) is 50.2 Å². The van der Waals surface area contributed by atoms with Crippen molar-refractivity contribution >= 4 is 5.91 Å². The molecule has 0 bridgehead atoms. The summed E-state index contributed by atoms with van der Waals surface area (Å²) in [7, 11) is 0. The second-order valence-electron chi connectivity index (χ2n) is 6.47. The van der Waals surface area contributed by atoms with Crippen LogP contribution in [0.1, 0.15) is 56.6 Å². The third-order valence-corrected chi connectivity index (χ3v) is 4.68. The lowest BCUT2D eigenvalue weighted by Crippen LogP contribution is -2.51. The zero-order valence-corrected chi connectivity index (χ0v) is 13.5. The molecular weight excluding hydrogens is 260 g/mol. The third kappa shape index (κ3) is 3.85. The number of aryl methyl sites for hydroxylation is 1. The van der Waals surface area contributed by atoms with Crippen molar-refractivity contribution in [3.8, 4) is 0 Å². The van der Waals surface area contributed by atoms with E-state index in [1.165, 1.54) is 17.5 Å². The first-order valence-electron chi connectivity index (χ1n) is 8.11. The molecule has 3 heteroatoms. The Morgan fingerprint density at radius 3 is 2.71 bits per heavy atom. The van der Waals surface area contributed by atoms with Crippen LogP contribution in [0.3, 0.4) is 0 Å². The highest BCUT2D eigenvalue weighted by atomic mass is 16.2. The number of rotatable bonds is 4. The SMILES string of the molecule is Cc1ccccc1C(C)CC(=O)N1CCCCC1C(C)N. The van der Waals surface area contributed by atoms with E-state index in [4.69, 9.17) is 5.73 Å². The zero-order chi connectivity index (χ0) is 15.4. The Morgan fingerprint density at radius 2 is 2.05 bits per heavy atom. The van der Waals surface area contributed by atoms with Gasteiger partial charge in [-0.25, -0.2) is 0 Å². The number of piperidine rings is 1. The van der Waals surface area contributed by atoms with Crippen molar-refractivity contribution < 1.29 is 4.79 Å². The Balaban J connectivity index is 2.04. The molecule has 1 aliphatic rings. The summed E-state index contributed by atoms with van der Waals surface area (Å²) in [4.78, 5) is 14.7. The molecule has 21 heavy (non-hydrogen) atoms. The van der Waals surface area contributed by atoms with Crippen molar-refractivity contribution in [2.75, 3.05) is 6.54 Å². The normalized spacial score (nSPS) is 21.9. The van der Waals surface area contributed by atoms with Gasteiger partial charge in [-0.3, -0.25) is 4.79 Å². The molecule has 2 rings (SSSR count). The fraction of sp³-hybridized carbons (Fsp3) is 0.611. The molecular formula is C18H28N2O. The Bertz CT molecular complexity index is 484. The van der Waals surface area contributed by atoms with E-state index in [0.717, 1.165) is 19.4 Å². The Hall–Kier alpha value is -1.35. The van der Waals surface area contributed by atoms with Gasteiger partial charge in [-0.15, -0.1) is 0 Å². The number of likely N-dealkylation sites (tertiary alicyclic amines) is 1. The predicted octanol–water partition coefficient (Wildman–Crippen LogP) is 3.22. The van der Waals surface area contributed by atoms with Crippen molar-refractivity contribution in [3.05, 3.63) is 35.4 Å². The van der Waals surface area contributed by atoms with Crippen LogP contribution >= 0.6 is 0 Å². The van der Waals surface area contributed by atoms with E-state index in [0.29, 0.717) is 6.42 Å². The molecule has 3 unspecified atom stereocenters. The van der Waals surface area contributed by atoms with Crippen LogP contribution in [0.25, 0.3) is 0 Å². The minimum atomic E-state index is 0.0583. The van der Waals surface area contributed by atoms with E-state index in [1.54, 1.807) is 0 Å². The van der Waals surface area contributed by atoms with Gasteiger partial charge < -0.3 is 10.6 Å². The van der Waals surface area contributed by atoms with Crippen molar-refractivity contribution in [1.29, 1.82) is 0 Å². The van der Waals surface area contributed by atoms with E-state index in [-0.39, 0.29) is 23.9 Å². The average Bonchev–Trinajstić information content (AvgIpc) is 2.47. The Labute approximate surface area is 128 Å². The van der Waals surface area contributed by atoms with Gasteiger partial charge >= 0.3 is 0 Å². The van der Waals surface area contributed by atoms with Crippen molar-refractivity contribution in [1.82, 2.24) is 4.90 Å². The number of benzene rings is 1. The average molecular weight is 288 g/mol. The number of hydrogen-bond donors (Lipinski definition) is 1. The molecule has 1 aromatic rings. The first kappa shape index (κ1) is 16.0. The minimum absolute atomic E-state index is 0.0583. The van der Waals surface area contributed by atoms with Crippen LogP contribution in [0.4, 0.5) is 0 Å². The molecule has 1 amide bonds. The highest BCUT2D eigenvalue weighted by molar-refractivity contribution is 5.77.